The molecule has 1 aliphatic heterocycles. The first kappa shape index (κ1) is 17.9. The Morgan fingerprint density at radius 1 is 1.26 bits per heavy atom. The van der Waals surface area contributed by atoms with Gasteiger partial charge in [-0.2, -0.15) is 0 Å². The lowest BCUT2D eigenvalue weighted by atomic mass is 10.2. The lowest BCUT2D eigenvalue weighted by Gasteiger charge is -2.27. The summed E-state index contributed by atoms with van der Waals surface area (Å²) in [6.45, 7) is 13.3. The second-order valence-corrected chi connectivity index (χ2v) is 6.70. The molecule has 1 aromatic heterocycles. The number of aryl methyl sites for hydroxylation is 1. The number of hydrogen-bond acceptors (Lipinski definition) is 3. The van der Waals surface area contributed by atoms with Gasteiger partial charge in [0, 0.05) is 19.6 Å². The summed E-state index contributed by atoms with van der Waals surface area (Å²) in [5.74, 6) is 3.49. The first-order valence-electron chi connectivity index (χ1n) is 8.92. The number of aliphatic imine (C=N–C) groups is 1. The minimum atomic E-state index is 0.272. The van der Waals surface area contributed by atoms with E-state index in [9.17, 15) is 0 Å². The average Bonchev–Trinajstić information content (AvgIpc) is 3.17. The van der Waals surface area contributed by atoms with Crippen LogP contribution in [0.1, 0.15) is 51.2 Å². The molecule has 1 unspecified atom stereocenters. The van der Waals surface area contributed by atoms with Crippen LogP contribution in [0.3, 0.4) is 0 Å². The maximum atomic E-state index is 5.91. The number of hydrogen-bond donors (Lipinski definition) is 2. The number of guanidine groups is 1. The minimum Gasteiger partial charge on any atom is -0.465 e. The van der Waals surface area contributed by atoms with E-state index in [0.717, 1.165) is 50.2 Å². The van der Waals surface area contributed by atoms with Crippen LogP contribution in [0.25, 0.3) is 0 Å². The monoisotopic (exact) mass is 320 g/mol. The summed E-state index contributed by atoms with van der Waals surface area (Å²) in [4.78, 5) is 7.17. The maximum Gasteiger partial charge on any atom is 0.191 e. The van der Waals surface area contributed by atoms with Gasteiger partial charge in [-0.15, -0.1) is 0 Å². The lowest BCUT2D eigenvalue weighted by Crippen LogP contribution is -2.42. The second-order valence-electron chi connectivity index (χ2n) is 6.70. The van der Waals surface area contributed by atoms with Gasteiger partial charge in [0.25, 0.3) is 0 Å². The van der Waals surface area contributed by atoms with Gasteiger partial charge in [0.15, 0.2) is 5.96 Å². The van der Waals surface area contributed by atoms with Crippen LogP contribution in [0.15, 0.2) is 21.5 Å². The third-order valence-electron chi connectivity index (χ3n) is 4.09. The number of likely N-dealkylation sites (tertiary alicyclic amines) is 1. The highest BCUT2D eigenvalue weighted by molar-refractivity contribution is 5.79. The summed E-state index contributed by atoms with van der Waals surface area (Å²) in [6, 6.07) is 4.43. The van der Waals surface area contributed by atoms with Crippen molar-refractivity contribution in [2.24, 2.45) is 10.9 Å². The third-order valence-corrected chi connectivity index (χ3v) is 4.09. The molecule has 1 aliphatic rings. The number of nitrogens with one attached hydrogen (secondary N) is 2. The first-order chi connectivity index (χ1) is 11.1. The Bertz CT molecular complexity index is 489. The second kappa shape index (κ2) is 8.96. The third kappa shape index (κ3) is 5.57. The predicted molar refractivity (Wildman–Crippen MR) is 95.8 cm³/mol. The van der Waals surface area contributed by atoms with Crippen LogP contribution in [0, 0.1) is 12.8 Å². The van der Waals surface area contributed by atoms with Crippen molar-refractivity contribution in [3.63, 3.8) is 0 Å². The lowest BCUT2D eigenvalue weighted by molar-refractivity contribution is 0.213. The molecule has 130 valence electrons. The molecule has 0 bridgehead atoms. The van der Waals surface area contributed by atoms with E-state index in [1.807, 2.05) is 6.92 Å². The van der Waals surface area contributed by atoms with E-state index in [1.165, 1.54) is 12.8 Å². The highest BCUT2D eigenvalue weighted by Gasteiger charge is 2.26. The zero-order chi connectivity index (χ0) is 16.7. The van der Waals surface area contributed by atoms with Gasteiger partial charge < -0.3 is 15.1 Å². The van der Waals surface area contributed by atoms with Crippen LogP contribution in [-0.4, -0.2) is 43.6 Å². The van der Waals surface area contributed by atoms with Crippen molar-refractivity contribution in [2.75, 3.05) is 32.7 Å². The molecular weight excluding hydrogens is 288 g/mol. The SMILES string of the molecule is CCNC(=NCC(C)C)NCC(c1ccc(C)o1)N1CCCC1. The van der Waals surface area contributed by atoms with Crippen LogP contribution < -0.4 is 10.6 Å². The molecule has 1 atom stereocenters. The zero-order valence-corrected chi connectivity index (χ0v) is 15.1. The molecule has 5 nitrogen and oxygen atoms in total. The quantitative estimate of drug-likeness (QED) is 0.599. The number of rotatable bonds is 7. The fourth-order valence-corrected chi connectivity index (χ4v) is 2.90. The Kier molecular flexibility index (Phi) is 6.96. The van der Waals surface area contributed by atoms with Crippen molar-refractivity contribution in [3.05, 3.63) is 23.7 Å². The van der Waals surface area contributed by atoms with Gasteiger partial charge in [0.05, 0.1) is 6.04 Å². The maximum absolute atomic E-state index is 5.91. The molecule has 0 amide bonds. The normalized spacial score (nSPS) is 17.7. The molecule has 2 N–H and O–H groups in total. The summed E-state index contributed by atoms with van der Waals surface area (Å²) in [5.41, 5.74) is 0. The van der Waals surface area contributed by atoms with Crippen molar-refractivity contribution in [3.8, 4) is 0 Å². The molecule has 0 aromatic carbocycles. The smallest absolute Gasteiger partial charge is 0.191 e. The summed E-state index contributed by atoms with van der Waals surface area (Å²) in [6.07, 6.45) is 2.55. The van der Waals surface area contributed by atoms with Gasteiger partial charge in [-0.1, -0.05) is 13.8 Å². The fraction of sp³-hybridized carbons (Fsp3) is 0.722. The summed E-state index contributed by atoms with van der Waals surface area (Å²) in [7, 11) is 0. The van der Waals surface area contributed by atoms with E-state index in [1.54, 1.807) is 0 Å². The van der Waals surface area contributed by atoms with Gasteiger partial charge in [-0.25, -0.2) is 0 Å². The van der Waals surface area contributed by atoms with Gasteiger partial charge in [-0.05, 0) is 57.8 Å². The van der Waals surface area contributed by atoms with Gasteiger partial charge >= 0.3 is 0 Å². The van der Waals surface area contributed by atoms with Gasteiger partial charge in [0.1, 0.15) is 11.5 Å². The highest BCUT2D eigenvalue weighted by atomic mass is 16.3. The van der Waals surface area contributed by atoms with Crippen molar-refractivity contribution < 1.29 is 4.42 Å². The van der Waals surface area contributed by atoms with Crippen molar-refractivity contribution in [1.82, 2.24) is 15.5 Å². The van der Waals surface area contributed by atoms with Crippen LogP contribution in [0.5, 0.6) is 0 Å². The van der Waals surface area contributed by atoms with Crippen LogP contribution >= 0.6 is 0 Å². The minimum absolute atomic E-state index is 0.272. The zero-order valence-electron chi connectivity index (χ0n) is 15.1. The molecule has 2 heterocycles. The van der Waals surface area contributed by atoms with Crippen LogP contribution in [-0.2, 0) is 0 Å². The highest BCUT2D eigenvalue weighted by Crippen LogP contribution is 2.26. The summed E-state index contributed by atoms with van der Waals surface area (Å²) < 4.78 is 5.91. The van der Waals surface area contributed by atoms with Crippen LogP contribution in [0.2, 0.25) is 0 Å². The standard InChI is InChI=1S/C18H32N4O/c1-5-19-18(20-12-14(2)3)21-13-16(22-10-6-7-11-22)17-9-8-15(4)23-17/h8-9,14,16H,5-7,10-13H2,1-4H3,(H2,19,20,21). The van der Waals surface area contributed by atoms with E-state index in [0.29, 0.717) is 5.92 Å². The molecule has 1 fully saturated rings. The summed E-state index contributed by atoms with van der Waals surface area (Å²) >= 11 is 0. The van der Waals surface area contributed by atoms with E-state index in [2.05, 4.69) is 53.4 Å². The van der Waals surface area contributed by atoms with Crippen molar-refractivity contribution in [2.45, 2.75) is 46.6 Å². The van der Waals surface area contributed by atoms with Gasteiger partial charge in [0.2, 0.25) is 0 Å². The average molecular weight is 320 g/mol. The molecule has 0 spiro atoms. The first-order valence-corrected chi connectivity index (χ1v) is 8.92. The molecule has 0 radical (unpaired) electrons. The Balaban J connectivity index is 2.02. The summed E-state index contributed by atoms with van der Waals surface area (Å²) in [5, 5.41) is 6.83. The van der Waals surface area contributed by atoms with Crippen molar-refractivity contribution >= 4 is 5.96 Å². The molecule has 2 rings (SSSR count). The molecule has 23 heavy (non-hydrogen) atoms. The Morgan fingerprint density at radius 3 is 2.57 bits per heavy atom. The molecule has 1 saturated heterocycles. The Labute approximate surface area is 140 Å². The van der Waals surface area contributed by atoms with Crippen LogP contribution in [0.4, 0.5) is 0 Å². The largest absolute Gasteiger partial charge is 0.465 e. The Morgan fingerprint density at radius 2 is 2.00 bits per heavy atom. The van der Waals surface area contributed by atoms with E-state index < -0.39 is 0 Å². The molecular formula is C18H32N4O. The van der Waals surface area contributed by atoms with E-state index >= 15 is 0 Å². The molecule has 5 heteroatoms. The number of furan rings is 1. The Hall–Kier alpha value is -1.49. The van der Waals surface area contributed by atoms with Crippen molar-refractivity contribution in [1.29, 1.82) is 0 Å². The van der Waals surface area contributed by atoms with E-state index in [4.69, 9.17) is 4.42 Å². The molecule has 1 aromatic rings. The van der Waals surface area contributed by atoms with Gasteiger partial charge in [-0.3, -0.25) is 9.89 Å². The molecule has 0 saturated carbocycles. The van der Waals surface area contributed by atoms with E-state index in [-0.39, 0.29) is 6.04 Å². The topological polar surface area (TPSA) is 52.8 Å². The fourth-order valence-electron chi connectivity index (χ4n) is 2.90. The number of nitrogens with zero attached hydrogens (tertiary/aromatic N) is 2. The molecule has 0 aliphatic carbocycles. The predicted octanol–water partition coefficient (Wildman–Crippen LogP) is 2.94.